The van der Waals surface area contributed by atoms with E-state index in [1.807, 2.05) is 42.5 Å². The van der Waals surface area contributed by atoms with Crippen molar-refractivity contribution in [2.45, 2.75) is 39.3 Å². The van der Waals surface area contributed by atoms with Crippen molar-refractivity contribution in [2.24, 2.45) is 0 Å². The molecule has 1 aliphatic heterocycles. The summed E-state index contributed by atoms with van der Waals surface area (Å²) in [6, 6.07) is 12.3. The van der Waals surface area contributed by atoms with Crippen molar-refractivity contribution in [1.29, 1.82) is 0 Å². The molecule has 158 valence electrons. The van der Waals surface area contributed by atoms with Crippen molar-refractivity contribution in [3.8, 4) is 5.88 Å². The van der Waals surface area contributed by atoms with Gasteiger partial charge in [0.05, 0.1) is 36.7 Å². The molecule has 3 aromatic rings. The summed E-state index contributed by atoms with van der Waals surface area (Å²) in [5, 5.41) is 3.66. The summed E-state index contributed by atoms with van der Waals surface area (Å²) in [4.78, 5) is 16.5. The van der Waals surface area contributed by atoms with Crippen molar-refractivity contribution in [3.05, 3.63) is 58.9 Å². The number of hydrogen-bond acceptors (Lipinski definition) is 6. The van der Waals surface area contributed by atoms with Crippen LogP contribution in [0.25, 0.3) is 5.65 Å². The molecular weight excluding hydrogens is 382 g/mol. The zero-order chi connectivity index (χ0) is 21.3. The first-order valence-corrected chi connectivity index (χ1v) is 10.1. The van der Waals surface area contributed by atoms with Gasteiger partial charge in [-0.15, -0.1) is 0 Å². The van der Waals surface area contributed by atoms with Gasteiger partial charge in [-0.2, -0.15) is 0 Å². The number of rotatable bonds is 6. The zero-order valence-electron chi connectivity index (χ0n) is 17.8. The van der Waals surface area contributed by atoms with Crippen LogP contribution < -0.4 is 10.1 Å². The van der Waals surface area contributed by atoms with Crippen molar-refractivity contribution in [1.82, 2.24) is 9.38 Å². The Hall–Kier alpha value is -2.90. The fraction of sp³-hybridized carbons (Fsp3) is 0.391. The van der Waals surface area contributed by atoms with Crippen LogP contribution >= 0.6 is 0 Å². The van der Waals surface area contributed by atoms with Crippen molar-refractivity contribution >= 4 is 17.3 Å². The number of methoxy groups -OCH3 is 1. The third kappa shape index (κ3) is 3.78. The fourth-order valence-corrected chi connectivity index (χ4v) is 3.98. The van der Waals surface area contributed by atoms with Gasteiger partial charge in [0.1, 0.15) is 0 Å². The molecule has 2 aromatic heterocycles. The quantitative estimate of drug-likeness (QED) is 0.487. The second kappa shape index (κ2) is 8.45. The Bertz CT molecular complexity index is 1060. The minimum atomic E-state index is -0.371. The number of hydrogen-bond donors (Lipinski definition) is 1. The monoisotopic (exact) mass is 409 g/mol. The first-order valence-electron chi connectivity index (χ1n) is 10.1. The summed E-state index contributed by atoms with van der Waals surface area (Å²) >= 11 is 0. The third-order valence-electron chi connectivity index (χ3n) is 5.53. The average Bonchev–Trinajstić information content (AvgIpc) is 3.04. The highest BCUT2D eigenvalue weighted by Crippen LogP contribution is 2.44. The molecule has 0 amide bonds. The Labute approximate surface area is 176 Å². The maximum absolute atomic E-state index is 11.8. The molecule has 1 aliphatic rings. The maximum atomic E-state index is 11.8. The molecule has 0 saturated carbocycles. The van der Waals surface area contributed by atoms with Crippen molar-refractivity contribution < 1.29 is 19.0 Å². The second-order valence-electron chi connectivity index (χ2n) is 7.54. The lowest BCUT2D eigenvalue weighted by atomic mass is 9.91. The molecule has 2 atom stereocenters. The van der Waals surface area contributed by atoms with Gasteiger partial charge in [0.2, 0.25) is 5.88 Å². The number of carbonyl (C=O) groups excluding carboxylic acids is 1. The minimum absolute atomic E-state index is 0.0759. The van der Waals surface area contributed by atoms with E-state index < -0.39 is 0 Å². The van der Waals surface area contributed by atoms with Crippen LogP contribution in [0.4, 0.5) is 5.69 Å². The molecular formula is C23H27N3O4. The predicted molar refractivity (Wildman–Crippen MR) is 114 cm³/mol. The highest BCUT2D eigenvalue weighted by atomic mass is 16.5. The Balaban J connectivity index is 1.86. The lowest BCUT2D eigenvalue weighted by molar-refractivity contribution is -0.132. The van der Waals surface area contributed by atoms with Crippen LogP contribution in [0, 0.1) is 13.8 Å². The smallest absolute Gasteiger partial charge is 0.309 e. The highest BCUT2D eigenvalue weighted by molar-refractivity contribution is 5.78. The van der Waals surface area contributed by atoms with Gasteiger partial charge >= 0.3 is 5.97 Å². The summed E-state index contributed by atoms with van der Waals surface area (Å²) in [5.41, 5.74) is 5.59. The minimum Gasteiger partial charge on any atom is -0.409 e. The van der Waals surface area contributed by atoms with Gasteiger partial charge in [0.15, 0.2) is 5.65 Å². The molecule has 30 heavy (non-hydrogen) atoms. The van der Waals surface area contributed by atoms with Crippen LogP contribution in [0.5, 0.6) is 5.88 Å². The number of aromatic nitrogens is 2. The summed E-state index contributed by atoms with van der Waals surface area (Å²) in [7, 11) is 1.66. The first-order chi connectivity index (χ1) is 14.5. The molecule has 3 heterocycles. The Morgan fingerprint density at radius 3 is 2.70 bits per heavy atom. The van der Waals surface area contributed by atoms with Gasteiger partial charge in [-0.05, 0) is 19.4 Å². The molecule has 0 unspecified atom stereocenters. The Morgan fingerprint density at radius 2 is 2.00 bits per heavy atom. The number of carbonyl (C=O) groups is 1. The molecule has 0 spiro atoms. The number of nitrogens with one attached hydrogen (secondary N) is 1. The van der Waals surface area contributed by atoms with Gasteiger partial charge in [-0.1, -0.05) is 30.3 Å². The molecule has 0 aliphatic carbocycles. The van der Waals surface area contributed by atoms with E-state index in [1.165, 1.54) is 12.5 Å². The van der Waals surface area contributed by atoms with Crippen LogP contribution in [0.2, 0.25) is 0 Å². The average molecular weight is 409 g/mol. The molecule has 0 fully saturated rings. The zero-order valence-corrected chi connectivity index (χ0v) is 17.8. The number of benzene rings is 1. The van der Waals surface area contributed by atoms with Gasteiger partial charge in [0.25, 0.3) is 0 Å². The number of pyridine rings is 1. The molecule has 0 radical (unpaired) electrons. The van der Waals surface area contributed by atoms with E-state index in [-0.39, 0.29) is 18.1 Å². The molecule has 1 N–H and O–H groups in total. The summed E-state index contributed by atoms with van der Waals surface area (Å²) in [5.74, 6) is 0.0828. The molecule has 1 aromatic carbocycles. The van der Waals surface area contributed by atoms with E-state index in [4.69, 9.17) is 19.2 Å². The number of nitrogens with zero attached hydrogens (tertiary/aromatic N) is 2. The normalized spacial score (nSPS) is 18.1. The number of ether oxygens (including phenoxy) is 3. The SMILES string of the molecule is COCCO[C@@H]1C[C@H](c2ccccc2)Nc2c1cc(OC(C)=O)n1c(C)c(C)nc21. The van der Waals surface area contributed by atoms with Crippen LogP contribution in [0.15, 0.2) is 36.4 Å². The van der Waals surface area contributed by atoms with Crippen LogP contribution in [-0.4, -0.2) is 35.7 Å². The Morgan fingerprint density at radius 1 is 1.23 bits per heavy atom. The topological polar surface area (TPSA) is 74.1 Å². The lowest BCUT2D eigenvalue weighted by Crippen LogP contribution is -2.25. The number of aryl methyl sites for hydroxylation is 2. The van der Waals surface area contributed by atoms with E-state index >= 15 is 0 Å². The number of fused-ring (bicyclic) bond motifs is 3. The largest absolute Gasteiger partial charge is 0.409 e. The van der Waals surface area contributed by atoms with Gasteiger partial charge < -0.3 is 19.5 Å². The first kappa shape index (κ1) is 20.4. The van der Waals surface area contributed by atoms with E-state index in [1.54, 1.807) is 7.11 Å². The Kier molecular flexibility index (Phi) is 5.74. The van der Waals surface area contributed by atoms with Crippen LogP contribution in [-0.2, 0) is 14.3 Å². The van der Waals surface area contributed by atoms with E-state index in [9.17, 15) is 4.79 Å². The number of imidazole rings is 1. The second-order valence-corrected chi connectivity index (χ2v) is 7.54. The molecule has 7 heteroatoms. The molecule has 0 saturated heterocycles. The summed E-state index contributed by atoms with van der Waals surface area (Å²) in [6.07, 6.45) is 0.563. The van der Waals surface area contributed by atoms with Gasteiger partial charge in [-0.3, -0.25) is 9.20 Å². The van der Waals surface area contributed by atoms with Crippen molar-refractivity contribution in [2.75, 3.05) is 25.6 Å². The van der Waals surface area contributed by atoms with Gasteiger partial charge in [-0.25, -0.2) is 4.98 Å². The van der Waals surface area contributed by atoms with E-state index in [0.717, 1.165) is 34.7 Å². The van der Waals surface area contributed by atoms with E-state index in [0.29, 0.717) is 19.1 Å². The number of anilines is 1. The van der Waals surface area contributed by atoms with Gasteiger partial charge in [0, 0.05) is 37.8 Å². The predicted octanol–water partition coefficient (Wildman–Crippen LogP) is 4.14. The standard InChI is InChI=1S/C23H27N3O4/c1-14-15(2)26-21(30-16(3)27)12-18-20(29-11-10-28-4)13-19(17-8-6-5-7-9-17)25-22(18)23(26)24-14/h5-9,12,19-20,25H,10-11,13H2,1-4H3/t19-,20-/m1/s1. The third-order valence-corrected chi connectivity index (χ3v) is 5.53. The van der Waals surface area contributed by atoms with Crippen molar-refractivity contribution in [3.63, 3.8) is 0 Å². The van der Waals surface area contributed by atoms with Crippen LogP contribution in [0.3, 0.4) is 0 Å². The fourth-order valence-electron chi connectivity index (χ4n) is 3.98. The van der Waals surface area contributed by atoms with Crippen LogP contribution in [0.1, 0.15) is 48.0 Å². The molecule has 0 bridgehead atoms. The number of esters is 1. The summed E-state index contributed by atoms with van der Waals surface area (Å²) in [6.45, 7) is 6.31. The van der Waals surface area contributed by atoms with E-state index in [2.05, 4.69) is 17.4 Å². The maximum Gasteiger partial charge on any atom is 0.309 e. The summed E-state index contributed by atoms with van der Waals surface area (Å²) < 4.78 is 18.8. The molecule has 7 nitrogen and oxygen atoms in total. The molecule has 4 rings (SSSR count). The lowest BCUT2D eigenvalue weighted by Gasteiger charge is -2.34. The highest BCUT2D eigenvalue weighted by Gasteiger charge is 2.32.